The molecule has 4 aliphatic heterocycles. The first-order valence-corrected chi connectivity index (χ1v) is 20.0. The number of aromatic nitrogens is 3. The molecule has 9 rings (SSSR count). The van der Waals surface area contributed by atoms with Crippen molar-refractivity contribution in [3.05, 3.63) is 58.8 Å². The molecule has 2 aromatic carbocycles. The summed E-state index contributed by atoms with van der Waals surface area (Å²) >= 11 is 0.675. The number of alkyl halides is 4. The fourth-order valence-electron chi connectivity index (χ4n) is 8.01. The van der Waals surface area contributed by atoms with Crippen molar-refractivity contribution in [1.82, 2.24) is 24.8 Å². The van der Waals surface area contributed by atoms with Gasteiger partial charge in [-0.3, -0.25) is 9.80 Å². The summed E-state index contributed by atoms with van der Waals surface area (Å²) in [5, 5.41) is 9.00. The lowest BCUT2D eigenvalue weighted by Crippen LogP contribution is -2.35. The van der Waals surface area contributed by atoms with Crippen LogP contribution in [0.1, 0.15) is 42.9 Å². The van der Waals surface area contributed by atoms with E-state index in [4.69, 9.17) is 25.7 Å². The van der Waals surface area contributed by atoms with Crippen LogP contribution < -0.4 is 25.8 Å². The first-order valence-electron chi connectivity index (χ1n) is 19.2. The maximum atomic E-state index is 16.6. The topological polar surface area (TPSA) is 152 Å². The minimum atomic E-state index is -5.17. The van der Waals surface area contributed by atoms with Crippen molar-refractivity contribution in [2.45, 2.75) is 51.1 Å². The number of fused-ring (bicyclic) bond motifs is 2. The van der Waals surface area contributed by atoms with Gasteiger partial charge in [-0.1, -0.05) is 19.1 Å². The van der Waals surface area contributed by atoms with Gasteiger partial charge in [-0.25, -0.2) is 18.2 Å². The first-order chi connectivity index (χ1) is 28.3. The fraction of sp³-hybridized carbons (Fsp3) is 0.450. The quantitative estimate of drug-likeness (QED) is 0.173. The first kappa shape index (κ1) is 42.0. The number of hydrogen-bond donors (Lipinski definition) is 2. The largest absolute Gasteiger partial charge is 0.490 e. The summed E-state index contributed by atoms with van der Waals surface area (Å²) in [4.78, 5) is 18.6. The van der Waals surface area contributed by atoms with Crippen LogP contribution in [0.3, 0.4) is 0 Å². The van der Waals surface area contributed by atoms with Gasteiger partial charge in [0.05, 0.1) is 42.5 Å². The van der Waals surface area contributed by atoms with E-state index in [1.165, 1.54) is 32.7 Å². The number of nitrogens with two attached hydrogens (primary N) is 2. The highest BCUT2D eigenvalue weighted by atomic mass is 32.1. The summed E-state index contributed by atoms with van der Waals surface area (Å²) in [6, 6.07) is 7.29. The van der Waals surface area contributed by atoms with Gasteiger partial charge in [-0.15, -0.1) is 11.3 Å². The summed E-state index contributed by atoms with van der Waals surface area (Å²) in [6.07, 6.45) is -0.869. The molecule has 314 valence electrons. The molecule has 2 unspecified atom stereocenters. The maximum Gasteiger partial charge on any atom is 0.420 e. The van der Waals surface area contributed by atoms with Crippen molar-refractivity contribution in [2.24, 2.45) is 0 Å². The van der Waals surface area contributed by atoms with Crippen LogP contribution in [0, 0.1) is 23.0 Å². The maximum absolute atomic E-state index is 16.6. The van der Waals surface area contributed by atoms with E-state index in [0.29, 0.717) is 29.5 Å². The Hall–Kier alpha value is -5.16. The molecule has 3 fully saturated rings. The Kier molecular flexibility index (Phi) is 12.5. The smallest absolute Gasteiger partial charge is 0.420 e. The van der Waals surface area contributed by atoms with Crippen LogP contribution in [0.15, 0.2) is 30.5 Å². The third kappa shape index (κ3) is 8.49. The molecule has 0 aliphatic carbocycles. The minimum Gasteiger partial charge on any atom is -0.490 e. The molecule has 2 atom stereocenters. The Balaban J connectivity index is 0.000000254. The average molecular weight is 844 g/mol. The Morgan fingerprint density at radius 2 is 1.83 bits per heavy atom. The number of methoxy groups -OCH3 is 1. The molecule has 0 spiro atoms. The van der Waals surface area contributed by atoms with Gasteiger partial charge in [0.15, 0.2) is 5.82 Å². The summed E-state index contributed by atoms with van der Waals surface area (Å²) in [7, 11) is 1.23. The predicted molar refractivity (Wildman–Crippen MR) is 213 cm³/mol. The Bertz CT molecular complexity index is 2360. The molecule has 12 nitrogen and oxygen atoms in total. The zero-order valence-corrected chi connectivity index (χ0v) is 33.2. The van der Waals surface area contributed by atoms with E-state index in [9.17, 15) is 27.2 Å². The van der Waals surface area contributed by atoms with Gasteiger partial charge in [-0.2, -0.15) is 28.4 Å². The number of thiophene rings is 1. The number of likely N-dealkylation sites (N-methyl/N-ethyl adjacent to an activating group) is 1. The zero-order valence-electron chi connectivity index (χ0n) is 32.4. The Morgan fingerprint density at radius 3 is 2.49 bits per heavy atom. The third-order valence-electron chi connectivity index (χ3n) is 10.9. The van der Waals surface area contributed by atoms with E-state index < -0.39 is 51.9 Å². The van der Waals surface area contributed by atoms with E-state index in [1.54, 1.807) is 23.1 Å². The second-order valence-corrected chi connectivity index (χ2v) is 15.4. The molecular weight excluding hydrogens is 801 g/mol. The highest BCUT2D eigenvalue weighted by Gasteiger charge is 2.44. The SMILES string of the molecule is CCN1CCOCC1.COc1nc2c3c(c(C(F)(F)F)c(-c4ccc(F)c5sc(N)c(C#N)c45)c(F)c3n1)OCCN2Cc1cccnc1N.FC1CC2CCCN2C1. The number of ether oxygens (including phenoxy) is 3. The van der Waals surface area contributed by atoms with Gasteiger partial charge in [-0.05, 0) is 50.0 Å². The number of benzene rings is 2. The number of anilines is 3. The average Bonchev–Trinajstić information content (AvgIpc) is 3.88. The van der Waals surface area contributed by atoms with E-state index in [1.807, 2.05) is 0 Å². The van der Waals surface area contributed by atoms with Crippen LogP contribution in [0.2, 0.25) is 0 Å². The molecule has 59 heavy (non-hydrogen) atoms. The van der Waals surface area contributed by atoms with E-state index in [2.05, 4.69) is 31.7 Å². The van der Waals surface area contributed by atoms with Crippen molar-refractivity contribution >= 4 is 49.0 Å². The number of hydrogen-bond acceptors (Lipinski definition) is 13. The standard InChI is InChI=1S/C27H18F5N7O2S.C7H12FN.C6H13NO/c1-40-26-37-20-17-21(41-8-7-39(25(17)38-26)10-11-3-2-6-36-23(11)34)18(27(30,31)32)16(19(20)29)12-4-5-14(28)22-15(12)13(9-33)24(35)42-22;8-6-4-7-2-1-3-9(7)5-6;1-2-7-3-5-8-6-4-7/h2-6H,7-8,10,35H2,1H3,(H2,34,36);6-7H,1-5H2;2-6H2,1H3. The highest BCUT2D eigenvalue weighted by Crippen LogP contribution is 2.53. The second kappa shape index (κ2) is 17.6. The van der Waals surface area contributed by atoms with Crippen LogP contribution in [0.25, 0.3) is 32.1 Å². The Morgan fingerprint density at radius 1 is 1.05 bits per heavy atom. The molecule has 3 aromatic heterocycles. The van der Waals surface area contributed by atoms with E-state index in [0.717, 1.165) is 51.4 Å². The van der Waals surface area contributed by atoms with Gasteiger partial charge in [0.1, 0.15) is 58.1 Å². The Labute approximate surface area is 340 Å². The van der Waals surface area contributed by atoms with Crippen LogP contribution in [-0.2, 0) is 17.5 Å². The van der Waals surface area contributed by atoms with Crippen molar-refractivity contribution in [2.75, 3.05) is 82.6 Å². The monoisotopic (exact) mass is 843 g/mol. The number of nitrogens with zero attached hydrogens (tertiary/aromatic N) is 7. The lowest BCUT2D eigenvalue weighted by Gasteiger charge is -2.24. The van der Waals surface area contributed by atoms with Crippen molar-refractivity contribution in [3.63, 3.8) is 0 Å². The van der Waals surface area contributed by atoms with Crippen LogP contribution in [0.5, 0.6) is 11.8 Å². The molecule has 4 aliphatic rings. The summed E-state index contributed by atoms with van der Waals surface area (Å²) in [6.45, 7) is 9.14. The van der Waals surface area contributed by atoms with Crippen molar-refractivity contribution in [1.29, 1.82) is 5.26 Å². The van der Waals surface area contributed by atoms with Gasteiger partial charge >= 0.3 is 12.2 Å². The summed E-state index contributed by atoms with van der Waals surface area (Å²) in [5.41, 5.74) is 8.81. The molecule has 4 N–H and O–H groups in total. The second-order valence-electron chi connectivity index (χ2n) is 14.4. The third-order valence-corrected chi connectivity index (χ3v) is 11.9. The lowest BCUT2D eigenvalue weighted by atomic mass is 9.91. The normalized spacial score (nSPS) is 19.3. The van der Waals surface area contributed by atoms with Gasteiger partial charge in [0.25, 0.3) is 0 Å². The summed E-state index contributed by atoms with van der Waals surface area (Å²) in [5.74, 6) is -2.82. The molecule has 7 heterocycles. The molecule has 0 saturated carbocycles. The molecule has 0 amide bonds. The van der Waals surface area contributed by atoms with Crippen molar-refractivity contribution < 1.29 is 40.6 Å². The molecule has 5 aromatic rings. The van der Waals surface area contributed by atoms with Gasteiger partial charge < -0.3 is 30.6 Å². The van der Waals surface area contributed by atoms with Crippen LogP contribution >= 0.6 is 11.3 Å². The molecule has 19 heteroatoms. The lowest BCUT2D eigenvalue weighted by molar-refractivity contribution is -0.138. The van der Waals surface area contributed by atoms with Crippen LogP contribution in [-0.4, -0.2) is 103 Å². The van der Waals surface area contributed by atoms with Gasteiger partial charge in [0.2, 0.25) is 0 Å². The van der Waals surface area contributed by atoms with Crippen LogP contribution in [0.4, 0.5) is 43.0 Å². The van der Waals surface area contributed by atoms with Gasteiger partial charge in [0, 0.05) is 54.9 Å². The predicted octanol–water partition coefficient (Wildman–Crippen LogP) is 7.18. The number of morpholine rings is 1. The molecule has 3 saturated heterocycles. The number of nitriles is 1. The minimum absolute atomic E-state index is 0.0347. The van der Waals surface area contributed by atoms with Crippen molar-refractivity contribution in [3.8, 4) is 29.0 Å². The number of pyridine rings is 1. The number of halogens is 6. The highest BCUT2D eigenvalue weighted by molar-refractivity contribution is 7.23. The molecular formula is C40H43F6N9O3S. The number of nitrogen functional groups attached to an aromatic ring is 2. The summed E-state index contributed by atoms with van der Waals surface area (Å²) < 4.78 is 105. The fourth-order valence-corrected chi connectivity index (χ4v) is 8.96. The molecule has 0 radical (unpaired) electrons. The van der Waals surface area contributed by atoms with E-state index in [-0.39, 0.29) is 63.4 Å². The number of rotatable bonds is 5. The van der Waals surface area contributed by atoms with E-state index >= 15 is 4.39 Å². The molecule has 0 bridgehead atoms. The zero-order chi connectivity index (χ0) is 42.0.